The number of hydrogen-bond donors (Lipinski definition) is 1. The Balaban J connectivity index is 2.17. The molecule has 0 unspecified atom stereocenters. The molecule has 0 saturated heterocycles. The van der Waals surface area contributed by atoms with Crippen LogP contribution < -0.4 is 10.9 Å². The Kier molecular flexibility index (Phi) is 3.99. The highest BCUT2D eigenvalue weighted by Crippen LogP contribution is 2.22. The zero-order valence-electron chi connectivity index (χ0n) is 11.8. The molecule has 0 bridgehead atoms. The van der Waals surface area contributed by atoms with Gasteiger partial charge in [0.15, 0.2) is 0 Å². The highest BCUT2D eigenvalue weighted by atomic mass is 32.1. The van der Waals surface area contributed by atoms with Crippen LogP contribution in [0.2, 0.25) is 0 Å². The fraction of sp³-hybridized carbons (Fsp3) is 0.385. The molecule has 6 nitrogen and oxygen atoms in total. The van der Waals surface area contributed by atoms with Gasteiger partial charge in [0.2, 0.25) is 0 Å². The van der Waals surface area contributed by atoms with Crippen LogP contribution in [0.4, 0.5) is 0 Å². The number of carbonyl (C=O) groups excluding carboxylic acids is 1. The fourth-order valence-electron chi connectivity index (χ4n) is 1.91. The molecular formula is C13H16N4O2S. The van der Waals surface area contributed by atoms with Crippen molar-refractivity contribution >= 4 is 17.2 Å². The lowest BCUT2D eigenvalue weighted by Gasteiger charge is -2.12. The van der Waals surface area contributed by atoms with Crippen LogP contribution in [0.25, 0.3) is 0 Å². The van der Waals surface area contributed by atoms with E-state index in [9.17, 15) is 9.59 Å². The van der Waals surface area contributed by atoms with Crippen molar-refractivity contribution in [1.82, 2.24) is 20.1 Å². The maximum Gasteiger partial charge on any atom is 0.272 e. The number of aromatic nitrogens is 3. The van der Waals surface area contributed by atoms with E-state index in [0.29, 0.717) is 0 Å². The van der Waals surface area contributed by atoms with Gasteiger partial charge in [-0.15, -0.1) is 11.3 Å². The van der Waals surface area contributed by atoms with Crippen LogP contribution in [0.5, 0.6) is 0 Å². The van der Waals surface area contributed by atoms with Gasteiger partial charge in [-0.1, -0.05) is 0 Å². The summed E-state index contributed by atoms with van der Waals surface area (Å²) in [5.41, 5.74) is 0.829. The number of nitrogens with one attached hydrogen (secondary N) is 1. The average molecular weight is 292 g/mol. The predicted molar refractivity (Wildman–Crippen MR) is 76.9 cm³/mol. The Morgan fingerprint density at radius 2 is 2.10 bits per heavy atom. The van der Waals surface area contributed by atoms with Crippen LogP contribution in [-0.4, -0.2) is 20.7 Å². The van der Waals surface area contributed by atoms with Gasteiger partial charge in [0.25, 0.3) is 11.5 Å². The summed E-state index contributed by atoms with van der Waals surface area (Å²) >= 11 is 1.60. The minimum absolute atomic E-state index is 0.202. The number of rotatable bonds is 3. The molecule has 0 aromatic carbocycles. The van der Waals surface area contributed by atoms with E-state index < -0.39 is 0 Å². The molecule has 2 heterocycles. The van der Waals surface area contributed by atoms with Gasteiger partial charge >= 0.3 is 0 Å². The Hall–Kier alpha value is -2.02. The highest BCUT2D eigenvalue weighted by Gasteiger charge is 2.17. The SMILES string of the molecule is Cc1nc([C@H](C)NC(=O)c2ccc(=O)n(C)n2)c(C)s1. The summed E-state index contributed by atoms with van der Waals surface area (Å²) in [4.78, 5) is 28.8. The molecule has 0 spiro atoms. The van der Waals surface area contributed by atoms with Gasteiger partial charge in [-0.2, -0.15) is 5.10 Å². The van der Waals surface area contributed by atoms with Crippen LogP contribution in [0.1, 0.15) is 39.0 Å². The quantitative estimate of drug-likeness (QED) is 0.926. The number of aryl methyl sites for hydroxylation is 3. The minimum atomic E-state index is -0.321. The molecule has 2 aromatic heterocycles. The summed E-state index contributed by atoms with van der Waals surface area (Å²) in [7, 11) is 1.51. The predicted octanol–water partition coefficient (Wildman–Crippen LogP) is 1.34. The first-order valence-electron chi connectivity index (χ1n) is 6.17. The van der Waals surface area contributed by atoms with Crippen molar-refractivity contribution in [2.45, 2.75) is 26.8 Å². The van der Waals surface area contributed by atoms with E-state index in [1.54, 1.807) is 11.3 Å². The molecule has 106 valence electrons. The van der Waals surface area contributed by atoms with E-state index in [1.807, 2.05) is 20.8 Å². The third-order valence-electron chi connectivity index (χ3n) is 2.89. The molecule has 0 aliphatic heterocycles. The molecular weight excluding hydrogens is 276 g/mol. The standard InChI is InChI=1S/C13H16N4O2S/c1-7(12-8(2)20-9(3)15-12)14-13(19)10-5-6-11(18)17(4)16-10/h5-7H,1-4H3,(H,14,19)/t7-/m0/s1. The van der Waals surface area contributed by atoms with E-state index in [4.69, 9.17) is 0 Å². The zero-order chi connectivity index (χ0) is 14.9. The Morgan fingerprint density at radius 1 is 1.40 bits per heavy atom. The molecule has 0 saturated carbocycles. The van der Waals surface area contributed by atoms with Gasteiger partial charge in [-0.05, 0) is 26.8 Å². The van der Waals surface area contributed by atoms with Crippen molar-refractivity contribution in [1.29, 1.82) is 0 Å². The second-order valence-corrected chi connectivity index (χ2v) is 5.96. The number of thiazole rings is 1. The van der Waals surface area contributed by atoms with Crippen LogP contribution in [0.3, 0.4) is 0 Å². The van der Waals surface area contributed by atoms with Gasteiger partial charge in [0.05, 0.1) is 16.7 Å². The van der Waals surface area contributed by atoms with Gasteiger partial charge in [0, 0.05) is 18.0 Å². The maximum absolute atomic E-state index is 12.1. The summed E-state index contributed by atoms with van der Waals surface area (Å²) in [6, 6.07) is 2.54. The molecule has 0 fully saturated rings. The average Bonchev–Trinajstić information content (AvgIpc) is 2.71. The smallest absolute Gasteiger partial charge is 0.272 e. The number of carbonyl (C=O) groups is 1. The molecule has 1 N–H and O–H groups in total. The molecule has 1 amide bonds. The number of nitrogens with zero attached hydrogens (tertiary/aromatic N) is 3. The molecule has 0 aliphatic rings. The van der Waals surface area contributed by atoms with Gasteiger partial charge < -0.3 is 5.32 Å². The van der Waals surface area contributed by atoms with Gasteiger partial charge in [-0.3, -0.25) is 9.59 Å². The first-order chi connectivity index (χ1) is 9.38. The summed E-state index contributed by atoms with van der Waals surface area (Å²) in [6.45, 7) is 5.79. The van der Waals surface area contributed by atoms with Crippen molar-refractivity contribution < 1.29 is 4.79 Å². The third-order valence-corrected chi connectivity index (χ3v) is 3.79. The Bertz CT molecular complexity index is 705. The summed E-state index contributed by atoms with van der Waals surface area (Å²) in [5.74, 6) is -0.321. The molecule has 0 radical (unpaired) electrons. The van der Waals surface area contributed by atoms with E-state index in [2.05, 4.69) is 15.4 Å². The topological polar surface area (TPSA) is 76.9 Å². The van der Waals surface area contributed by atoms with Crippen molar-refractivity contribution in [3.05, 3.63) is 43.8 Å². The Morgan fingerprint density at radius 3 is 2.65 bits per heavy atom. The lowest BCUT2D eigenvalue weighted by Crippen LogP contribution is -2.30. The van der Waals surface area contributed by atoms with Crippen LogP contribution >= 0.6 is 11.3 Å². The summed E-state index contributed by atoms with van der Waals surface area (Å²) in [5, 5.41) is 7.73. The summed E-state index contributed by atoms with van der Waals surface area (Å²) < 4.78 is 1.14. The lowest BCUT2D eigenvalue weighted by atomic mass is 10.2. The molecule has 2 rings (SSSR count). The van der Waals surface area contributed by atoms with E-state index in [1.165, 1.54) is 19.2 Å². The maximum atomic E-state index is 12.1. The van der Waals surface area contributed by atoms with Crippen LogP contribution in [0, 0.1) is 13.8 Å². The van der Waals surface area contributed by atoms with Crippen molar-refractivity contribution in [2.24, 2.45) is 7.05 Å². The third kappa shape index (κ3) is 2.93. The van der Waals surface area contributed by atoms with Crippen molar-refractivity contribution in [3.8, 4) is 0 Å². The molecule has 7 heteroatoms. The zero-order valence-corrected chi connectivity index (χ0v) is 12.6. The second kappa shape index (κ2) is 5.54. The van der Waals surface area contributed by atoms with Crippen LogP contribution in [0.15, 0.2) is 16.9 Å². The Labute approximate surface area is 120 Å². The molecule has 20 heavy (non-hydrogen) atoms. The minimum Gasteiger partial charge on any atom is -0.343 e. The monoisotopic (exact) mass is 292 g/mol. The van der Waals surface area contributed by atoms with E-state index >= 15 is 0 Å². The number of hydrogen-bond acceptors (Lipinski definition) is 5. The summed E-state index contributed by atoms with van der Waals surface area (Å²) in [6.07, 6.45) is 0. The van der Waals surface area contributed by atoms with Gasteiger partial charge in [0.1, 0.15) is 5.69 Å². The van der Waals surface area contributed by atoms with Crippen LogP contribution in [-0.2, 0) is 7.05 Å². The van der Waals surface area contributed by atoms with E-state index in [-0.39, 0.29) is 23.2 Å². The largest absolute Gasteiger partial charge is 0.343 e. The lowest BCUT2D eigenvalue weighted by molar-refractivity contribution is 0.0931. The first-order valence-corrected chi connectivity index (χ1v) is 6.99. The van der Waals surface area contributed by atoms with Gasteiger partial charge in [-0.25, -0.2) is 9.67 Å². The van der Waals surface area contributed by atoms with Crippen molar-refractivity contribution in [2.75, 3.05) is 0 Å². The van der Waals surface area contributed by atoms with Crippen molar-refractivity contribution in [3.63, 3.8) is 0 Å². The second-order valence-electron chi connectivity index (χ2n) is 4.55. The normalized spacial score (nSPS) is 12.2. The molecule has 2 aromatic rings. The molecule has 0 aliphatic carbocycles. The molecule has 1 atom stereocenters. The van der Waals surface area contributed by atoms with E-state index in [0.717, 1.165) is 20.3 Å². The first kappa shape index (κ1) is 14.4. The fourth-order valence-corrected chi connectivity index (χ4v) is 2.82. The number of amides is 1. The highest BCUT2D eigenvalue weighted by molar-refractivity contribution is 7.11.